The third-order valence-corrected chi connectivity index (χ3v) is 7.59. The number of benzene rings is 2. The predicted octanol–water partition coefficient (Wildman–Crippen LogP) is 4.23. The first kappa shape index (κ1) is 30.9. The first-order valence-corrected chi connectivity index (χ1v) is 14.5. The number of nitrogens with one attached hydrogen (secondary N) is 3. The number of ether oxygens (including phenoxy) is 1. The molecule has 3 rings (SSSR count). The third-order valence-electron chi connectivity index (χ3n) is 7.59. The molecule has 0 aliphatic carbocycles. The Balaban J connectivity index is 2.03. The van der Waals surface area contributed by atoms with E-state index in [1.165, 1.54) is 0 Å². The molecule has 1 saturated heterocycles. The van der Waals surface area contributed by atoms with Crippen LogP contribution in [0.25, 0.3) is 0 Å². The van der Waals surface area contributed by atoms with E-state index in [-0.39, 0.29) is 12.3 Å². The van der Waals surface area contributed by atoms with Crippen LogP contribution in [-0.2, 0) is 23.9 Å². The Morgan fingerprint density at radius 1 is 0.800 bits per heavy atom. The maximum atomic E-state index is 13.8. The minimum absolute atomic E-state index is 0.0771. The summed E-state index contributed by atoms with van der Waals surface area (Å²) in [6.45, 7) is 7.45. The van der Waals surface area contributed by atoms with Crippen molar-refractivity contribution in [1.82, 2.24) is 16.0 Å². The van der Waals surface area contributed by atoms with E-state index in [0.717, 1.165) is 30.4 Å². The van der Waals surface area contributed by atoms with Crippen LogP contribution < -0.4 is 16.0 Å². The highest BCUT2D eigenvalue weighted by Gasteiger charge is 2.37. The van der Waals surface area contributed by atoms with Crippen LogP contribution in [0.2, 0.25) is 0 Å². The highest BCUT2D eigenvalue weighted by molar-refractivity contribution is 5.94. The SMILES string of the molecule is CCCCC[C@@H]1CC(=O)N[C@@H](C(c2ccccc2)c2ccccc2)C(=O)N[C@@H](C)C(=O)N[C@H]([C@@H](C)CC)C(=O)O1. The molecular weight excluding hydrogens is 506 g/mol. The molecule has 0 aromatic heterocycles. The molecule has 3 N–H and O–H groups in total. The summed E-state index contributed by atoms with van der Waals surface area (Å²) in [5, 5.41) is 8.53. The summed E-state index contributed by atoms with van der Waals surface area (Å²) in [6.07, 6.45) is 3.12. The highest BCUT2D eigenvalue weighted by Crippen LogP contribution is 2.29. The summed E-state index contributed by atoms with van der Waals surface area (Å²) in [5.74, 6) is -2.62. The minimum atomic E-state index is -1.01. The predicted molar refractivity (Wildman–Crippen MR) is 154 cm³/mol. The molecule has 2 aromatic rings. The summed E-state index contributed by atoms with van der Waals surface area (Å²) < 4.78 is 5.87. The van der Waals surface area contributed by atoms with Gasteiger partial charge < -0.3 is 20.7 Å². The first-order valence-electron chi connectivity index (χ1n) is 14.5. The molecule has 0 saturated carbocycles. The van der Waals surface area contributed by atoms with Crippen LogP contribution in [0.5, 0.6) is 0 Å². The smallest absolute Gasteiger partial charge is 0.329 e. The second-order valence-corrected chi connectivity index (χ2v) is 10.7. The van der Waals surface area contributed by atoms with Gasteiger partial charge in [-0.1, -0.05) is 101 Å². The summed E-state index contributed by atoms with van der Waals surface area (Å²) in [7, 11) is 0. The molecule has 1 aliphatic rings. The Morgan fingerprint density at radius 2 is 1.40 bits per heavy atom. The average molecular weight is 550 g/mol. The highest BCUT2D eigenvalue weighted by atomic mass is 16.5. The lowest BCUT2D eigenvalue weighted by molar-refractivity contribution is -0.156. The topological polar surface area (TPSA) is 114 Å². The normalized spacial score (nSPS) is 23.5. The van der Waals surface area contributed by atoms with Gasteiger partial charge in [-0.15, -0.1) is 0 Å². The van der Waals surface area contributed by atoms with Gasteiger partial charge in [-0.05, 0) is 36.8 Å². The maximum absolute atomic E-state index is 13.8. The number of hydrogen-bond acceptors (Lipinski definition) is 5. The fraction of sp³-hybridized carbons (Fsp3) is 0.500. The molecule has 216 valence electrons. The molecule has 1 aliphatic heterocycles. The summed E-state index contributed by atoms with van der Waals surface area (Å²) in [6, 6.07) is 16.2. The number of esters is 1. The van der Waals surface area contributed by atoms with Crippen LogP contribution >= 0.6 is 0 Å². The molecule has 8 nitrogen and oxygen atoms in total. The van der Waals surface area contributed by atoms with Gasteiger partial charge in [0.05, 0.1) is 6.42 Å². The van der Waals surface area contributed by atoms with Gasteiger partial charge in [-0.3, -0.25) is 14.4 Å². The Kier molecular flexibility index (Phi) is 11.7. The summed E-state index contributed by atoms with van der Waals surface area (Å²) in [5.41, 5.74) is 1.69. The van der Waals surface area contributed by atoms with E-state index < -0.39 is 53.8 Å². The molecule has 0 radical (unpaired) electrons. The fourth-order valence-corrected chi connectivity index (χ4v) is 5.02. The van der Waals surface area contributed by atoms with Crippen molar-refractivity contribution in [1.29, 1.82) is 0 Å². The lowest BCUT2D eigenvalue weighted by Gasteiger charge is -2.29. The lowest BCUT2D eigenvalue weighted by Crippen LogP contribution is -2.56. The Hall–Kier alpha value is -3.68. The quantitative estimate of drug-likeness (QED) is 0.320. The largest absolute Gasteiger partial charge is 0.460 e. The van der Waals surface area contributed by atoms with E-state index >= 15 is 0 Å². The van der Waals surface area contributed by atoms with Crippen molar-refractivity contribution < 1.29 is 23.9 Å². The number of amides is 3. The van der Waals surface area contributed by atoms with E-state index in [9.17, 15) is 19.2 Å². The van der Waals surface area contributed by atoms with Crippen molar-refractivity contribution in [2.45, 2.75) is 96.4 Å². The zero-order valence-electron chi connectivity index (χ0n) is 24.0. The lowest BCUT2D eigenvalue weighted by atomic mass is 9.84. The Bertz CT molecular complexity index is 1080. The molecular formula is C32H43N3O5. The van der Waals surface area contributed by atoms with E-state index in [1.807, 2.05) is 74.5 Å². The van der Waals surface area contributed by atoms with Crippen LogP contribution in [0.3, 0.4) is 0 Å². The van der Waals surface area contributed by atoms with E-state index in [4.69, 9.17) is 4.74 Å². The van der Waals surface area contributed by atoms with Gasteiger partial charge in [0.2, 0.25) is 17.7 Å². The van der Waals surface area contributed by atoms with Gasteiger partial charge in [0, 0.05) is 5.92 Å². The van der Waals surface area contributed by atoms with Crippen LogP contribution in [0.15, 0.2) is 60.7 Å². The Labute approximate surface area is 237 Å². The minimum Gasteiger partial charge on any atom is -0.460 e. The van der Waals surface area contributed by atoms with Gasteiger partial charge in [-0.25, -0.2) is 4.79 Å². The summed E-state index contributed by atoms with van der Waals surface area (Å²) in [4.78, 5) is 53.8. The van der Waals surface area contributed by atoms with Crippen molar-refractivity contribution in [3.8, 4) is 0 Å². The third kappa shape index (κ3) is 8.41. The molecule has 2 aromatic carbocycles. The van der Waals surface area contributed by atoms with Crippen LogP contribution in [0.1, 0.15) is 83.3 Å². The molecule has 0 spiro atoms. The summed E-state index contributed by atoms with van der Waals surface area (Å²) >= 11 is 0. The van der Waals surface area contributed by atoms with Gasteiger partial charge in [0.15, 0.2) is 0 Å². The van der Waals surface area contributed by atoms with Crippen LogP contribution in [0, 0.1) is 5.92 Å². The van der Waals surface area contributed by atoms with Gasteiger partial charge in [-0.2, -0.15) is 0 Å². The number of cyclic esters (lactones) is 1. The molecule has 1 fully saturated rings. The number of unbranched alkanes of at least 4 members (excludes halogenated alkanes) is 2. The van der Waals surface area contributed by atoms with E-state index in [2.05, 4.69) is 22.9 Å². The monoisotopic (exact) mass is 549 g/mol. The van der Waals surface area contributed by atoms with E-state index in [0.29, 0.717) is 12.8 Å². The Morgan fingerprint density at radius 3 is 1.95 bits per heavy atom. The first-order chi connectivity index (χ1) is 19.2. The second kappa shape index (κ2) is 15.2. The molecule has 40 heavy (non-hydrogen) atoms. The molecule has 3 amide bonds. The van der Waals surface area contributed by atoms with Crippen LogP contribution in [0.4, 0.5) is 0 Å². The van der Waals surface area contributed by atoms with Crippen molar-refractivity contribution in [3.05, 3.63) is 71.8 Å². The zero-order chi connectivity index (χ0) is 29.1. The van der Waals surface area contributed by atoms with Crippen molar-refractivity contribution in [2.24, 2.45) is 5.92 Å². The number of carbonyl (C=O) groups excluding carboxylic acids is 4. The second-order valence-electron chi connectivity index (χ2n) is 10.7. The van der Waals surface area contributed by atoms with E-state index in [1.54, 1.807) is 6.92 Å². The number of rotatable bonds is 9. The zero-order valence-corrected chi connectivity index (χ0v) is 24.0. The average Bonchev–Trinajstić information content (AvgIpc) is 2.96. The maximum Gasteiger partial charge on any atom is 0.329 e. The van der Waals surface area contributed by atoms with Gasteiger partial charge in [0.25, 0.3) is 0 Å². The van der Waals surface area contributed by atoms with Crippen molar-refractivity contribution >= 4 is 23.7 Å². The fourth-order valence-electron chi connectivity index (χ4n) is 5.02. The number of hydrogen-bond donors (Lipinski definition) is 3. The molecule has 0 bridgehead atoms. The van der Waals surface area contributed by atoms with Gasteiger partial charge in [0.1, 0.15) is 24.2 Å². The molecule has 1 heterocycles. The molecule has 8 heteroatoms. The van der Waals surface area contributed by atoms with Crippen molar-refractivity contribution in [3.63, 3.8) is 0 Å². The number of carbonyl (C=O) groups is 4. The van der Waals surface area contributed by atoms with Gasteiger partial charge >= 0.3 is 5.97 Å². The molecule has 0 unspecified atom stereocenters. The van der Waals surface area contributed by atoms with Crippen molar-refractivity contribution in [2.75, 3.05) is 0 Å². The van der Waals surface area contributed by atoms with Crippen LogP contribution in [-0.4, -0.2) is 47.9 Å². The standard InChI is InChI=1S/C32H43N3O5/c1-5-7-10-19-25-20-26(36)34-29(27(23-15-11-8-12-16-23)24-17-13-9-14-18-24)31(38)33-22(4)30(37)35-28(21(3)6-2)32(39)40-25/h8-9,11-18,21-22,25,27-29H,5-7,10,19-20H2,1-4H3,(H,33,38)(H,34,36)(H,35,37)/t21-,22-,25+,28+,29-/m0/s1. The molecule has 5 atom stereocenters.